The second-order valence-electron chi connectivity index (χ2n) is 4.93. The van der Waals surface area contributed by atoms with E-state index in [1.54, 1.807) is 0 Å². The van der Waals surface area contributed by atoms with Gasteiger partial charge in [-0.15, -0.1) is 0 Å². The number of allylic oxidation sites excluding steroid dienone is 2. The van der Waals surface area contributed by atoms with Gasteiger partial charge in [-0.05, 0) is 37.0 Å². The Morgan fingerprint density at radius 2 is 1.71 bits per heavy atom. The average Bonchev–Trinajstić information content (AvgIpc) is 2.39. The largest absolute Gasteiger partial charge is 0.229 e. The number of fused-ring (bicyclic) bond motifs is 2. The van der Waals surface area contributed by atoms with Gasteiger partial charge in [-0.1, -0.05) is 18.6 Å². The zero-order chi connectivity index (χ0) is 9.76. The van der Waals surface area contributed by atoms with Gasteiger partial charge >= 0.3 is 0 Å². The molecule has 1 heterocycles. The molecule has 14 heavy (non-hydrogen) atoms. The lowest BCUT2D eigenvalue weighted by Crippen LogP contribution is -2.34. The van der Waals surface area contributed by atoms with Gasteiger partial charge in [-0.2, -0.15) is 0 Å². The Bertz CT molecular complexity index is 369. The predicted octanol–water partition coefficient (Wildman–Crippen LogP) is 1.78. The van der Waals surface area contributed by atoms with Gasteiger partial charge in [0.15, 0.2) is 9.84 Å². The lowest BCUT2D eigenvalue weighted by Gasteiger charge is -2.30. The summed E-state index contributed by atoms with van der Waals surface area (Å²) >= 11 is 0. The van der Waals surface area contributed by atoms with Crippen molar-refractivity contribution in [3.8, 4) is 0 Å². The van der Waals surface area contributed by atoms with E-state index in [1.807, 2.05) is 0 Å². The molecule has 2 unspecified atom stereocenters. The highest BCUT2D eigenvalue weighted by molar-refractivity contribution is 7.92. The summed E-state index contributed by atoms with van der Waals surface area (Å²) in [7, 11) is -2.75. The molecule has 4 rings (SSSR count). The van der Waals surface area contributed by atoms with Crippen molar-refractivity contribution in [2.45, 2.75) is 30.9 Å². The second kappa shape index (κ2) is 2.84. The number of sulfone groups is 1. The van der Waals surface area contributed by atoms with E-state index >= 15 is 0 Å². The summed E-state index contributed by atoms with van der Waals surface area (Å²) in [4.78, 5) is 0. The van der Waals surface area contributed by atoms with Gasteiger partial charge in [0.25, 0.3) is 0 Å². The Morgan fingerprint density at radius 1 is 1.00 bits per heavy atom. The first-order valence-corrected chi connectivity index (χ1v) is 7.30. The van der Waals surface area contributed by atoms with Crippen LogP contribution in [0.2, 0.25) is 0 Å². The summed E-state index contributed by atoms with van der Waals surface area (Å²) in [5, 5.41) is -0.0139. The molecule has 3 aliphatic carbocycles. The third kappa shape index (κ3) is 1.11. The smallest absolute Gasteiger partial charge is 0.154 e. The van der Waals surface area contributed by atoms with E-state index in [0.717, 1.165) is 12.8 Å². The van der Waals surface area contributed by atoms with Crippen molar-refractivity contribution in [2.75, 3.05) is 5.75 Å². The summed E-state index contributed by atoms with van der Waals surface area (Å²) in [6, 6.07) is 0. The maximum atomic E-state index is 11.9. The molecule has 3 heteroatoms. The minimum absolute atomic E-state index is 0.0139. The summed E-state index contributed by atoms with van der Waals surface area (Å²) in [5.74, 6) is 1.80. The summed E-state index contributed by atoms with van der Waals surface area (Å²) in [6.45, 7) is 0. The van der Waals surface area contributed by atoms with Crippen molar-refractivity contribution in [1.82, 2.24) is 0 Å². The van der Waals surface area contributed by atoms with Gasteiger partial charge in [-0.25, -0.2) is 8.42 Å². The van der Waals surface area contributed by atoms with Crippen molar-refractivity contribution < 1.29 is 8.42 Å². The first-order chi connectivity index (χ1) is 6.68. The molecule has 0 aromatic carbocycles. The molecule has 0 radical (unpaired) electrons. The van der Waals surface area contributed by atoms with Crippen molar-refractivity contribution in [3.63, 3.8) is 0 Å². The highest BCUT2D eigenvalue weighted by Gasteiger charge is 2.49. The fraction of sp³-hybridized carbons (Fsp3) is 0.818. The topological polar surface area (TPSA) is 34.1 Å². The molecule has 0 amide bonds. The Balaban J connectivity index is 2.08. The highest BCUT2D eigenvalue weighted by atomic mass is 32.2. The van der Waals surface area contributed by atoms with E-state index in [1.165, 1.54) is 12.8 Å². The van der Waals surface area contributed by atoms with E-state index in [9.17, 15) is 8.42 Å². The van der Waals surface area contributed by atoms with Crippen LogP contribution in [-0.2, 0) is 9.84 Å². The van der Waals surface area contributed by atoms with Crippen molar-refractivity contribution in [2.24, 2.45) is 17.8 Å². The second-order valence-corrected chi connectivity index (χ2v) is 7.21. The molecule has 1 saturated carbocycles. The van der Waals surface area contributed by atoms with E-state index in [-0.39, 0.29) is 5.25 Å². The normalized spacial score (nSPS) is 48.9. The molecule has 1 saturated heterocycles. The van der Waals surface area contributed by atoms with E-state index in [2.05, 4.69) is 12.2 Å². The maximum Gasteiger partial charge on any atom is 0.154 e. The fourth-order valence-electron chi connectivity index (χ4n) is 3.61. The third-order valence-corrected chi connectivity index (χ3v) is 6.56. The molecule has 2 nitrogen and oxygen atoms in total. The minimum atomic E-state index is -2.75. The molecule has 2 bridgehead atoms. The van der Waals surface area contributed by atoms with E-state index < -0.39 is 9.84 Å². The Labute approximate surface area is 85.3 Å². The van der Waals surface area contributed by atoms with Crippen LogP contribution in [0.3, 0.4) is 0 Å². The molecule has 0 aromatic heterocycles. The molecule has 0 spiro atoms. The standard InChI is InChI=1S/C11H16O2S/c12-14(13)7-6-10-8-2-1-3-9(5-4-8)11(10)14/h4-5,8-11H,1-3,6-7H2/t8-,9+,10?,11?/m0/s1. The van der Waals surface area contributed by atoms with Crippen LogP contribution in [0, 0.1) is 17.8 Å². The van der Waals surface area contributed by atoms with Crippen LogP contribution < -0.4 is 0 Å². The highest BCUT2D eigenvalue weighted by Crippen LogP contribution is 2.47. The Morgan fingerprint density at radius 3 is 2.57 bits per heavy atom. The van der Waals surface area contributed by atoms with Crippen LogP contribution in [0.5, 0.6) is 0 Å². The lowest BCUT2D eigenvalue weighted by molar-refractivity contribution is 0.347. The van der Waals surface area contributed by atoms with Crippen molar-refractivity contribution >= 4 is 9.84 Å². The quantitative estimate of drug-likeness (QED) is 0.574. The first-order valence-electron chi connectivity index (χ1n) is 5.58. The molecule has 0 aromatic rings. The molecule has 4 aliphatic rings. The van der Waals surface area contributed by atoms with Gasteiger partial charge < -0.3 is 0 Å². The van der Waals surface area contributed by atoms with Crippen LogP contribution in [0.1, 0.15) is 25.7 Å². The van der Waals surface area contributed by atoms with Crippen LogP contribution in [0.15, 0.2) is 12.2 Å². The molecular weight excluding hydrogens is 196 g/mol. The van der Waals surface area contributed by atoms with Gasteiger partial charge in [0.05, 0.1) is 11.0 Å². The van der Waals surface area contributed by atoms with E-state index in [0.29, 0.717) is 23.5 Å². The Hall–Kier alpha value is -0.310. The SMILES string of the molecule is O=S1(=O)CCC2C1[C@H]1C=C[C@@H]2CCC1. The number of rotatable bonds is 0. The molecule has 4 atom stereocenters. The van der Waals surface area contributed by atoms with Crippen LogP contribution >= 0.6 is 0 Å². The van der Waals surface area contributed by atoms with Crippen molar-refractivity contribution in [1.29, 1.82) is 0 Å². The maximum absolute atomic E-state index is 11.9. The first kappa shape index (κ1) is 8.96. The van der Waals surface area contributed by atoms with E-state index in [4.69, 9.17) is 0 Å². The van der Waals surface area contributed by atoms with Crippen LogP contribution in [0.25, 0.3) is 0 Å². The van der Waals surface area contributed by atoms with Crippen LogP contribution in [-0.4, -0.2) is 19.4 Å². The third-order valence-electron chi connectivity index (χ3n) is 4.22. The zero-order valence-corrected chi connectivity index (χ0v) is 9.04. The van der Waals surface area contributed by atoms with Crippen molar-refractivity contribution in [3.05, 3.63) is 12.2 Å². The van der Waals surface area contributed by atoms with Gasteiger partial charge in [-0.3, -0.25) is 0 Å². The van der Waals surface area contributed by atoms with Gasteiger partial charge in [0.1, 0.15) is 0 Å². The molecule has 2 fully saturated rings. The van der Waals surface area contributed by atoms with Crippen LogP contribution in [0.4, 0.5) is 0 Å². The summed E-state index contributed by atoms with van der Waals surface area (Å²) < 4.78 is 23.8. The molecular formula is C11H16O2S. The fourth-order valence-corrected chi connectivity index (χ4v) is 6.11. The van der Waals surface area contributed by atoms with Gasteiger partial charge in [0, 0.05) is 0 Å². The molecule has 78 valence electrons. The monoisotopic (exact) mass is 212 g/mol. The van der Waals surface area contributed by atoms with Gasteiger partial charge in [0.2, 0.25) is 0 Å². The summed E-state index contributed by atoms with van der Waals surface area (Å²) in [6.07, 6.45) is 8.90. The number of hydrogen-bond acceptors (Lipinski definition) is 2. The molecule has 1 aliphatic heterocycles. The Kier molecular flexibility index (Phi) is 1.82. The molecule has 0 N–H and O–H groups in total. The summed E-state index contributed by atoms with van der Waals surface area (Å²) in [5.41, 5.74) is 0. The number of hydrogen-bond donors (Lipinski definition) is 0. The predicted molar refractivity (Wildman–Crippen MR) is 55.7 cm³/mol. The lowest BCUT2D eigenvalue weighted by atomic mass is 9.79. The zero-order valence-electron chi connectivity index (χ0n) is 8.22. The minimum Gasteiger partial charge on any atom is -0.229 e. The average molecular weight is 212 g/mol.